The molecular weight excluding hydrogens is 276 g/mol. The van der Waals surface area contributed by atoms with E-state index >= 15 is 0 Å². The van der Waals surface area contributed by atoms with E-state index in [1.54, 1.807) is 13.0 Å². The summed E-state index contributed by atoms with van der Waals surface area (Å²) in [5, 5.41) is 21.9. The van der Waals surface area contributed by atoms with E-state index in [9.17, 15) is 19.7 Å². The number of nitrogens with one attached hydrogen (secondary N) is 1. The lowest BCUT2D eigenvalue weighted by Gasteiger charge is -2.13. The number of carboxylic acids is 1. The summed E-state index contributed by atoms with van der Waals surface area (Å²) in [5.74, 6) is -1.09. The van der Waals surface area contributed by atoms with Gasteiger partial charge in [0.15, 0.2) is 0 Å². The first-order valence-electron chi connectivity index (χ1n) is 6.63. The van der Waals surface area contributed by atoms with Crippen LogP contribution in [0.2, 0.25) is 0 Å². The molecule has 0 saturated heterocycles. The fourth-order valence-corrected chi connectivity index (χ4v) is 1.92. The Hall–Kier alpha value is -2.44. The lowest BCUT2D eigenvalue weighted by molar-refractivity contribution is -0.384. The molecule has 0 fully saturated rings. The number of nitro groups is 1. The van der Waals surface area contributed by atoms with Crippen LogP contribution in [0.4, 0.5) is 5.69 Å². The first kappa shape index (κ1) is 16.6. The summed E-state index contributed by atoms with van der Waals surface area (Å²) >= 11 is 0. The molecule has 0 bridgehead atoms. The molecule has 0 heterocycles. The number of carbonyl (C=O) groups is 2. The van der Waals surface area contributed by atoms with Crippen LogP contribution in [0.1, 0.15) is 31.7 Å². The van der Waals surface area contributed by atoms with Crippen LogP contribution in [-0.2, 0) is 16.0 Å². The van der Waals surface area contributed by atoms with E-state index in [2.05, 4.69) is 5.32 Å². The highest BCUT2D eigenvalue weighted by atomic mass is 16.6. The zero-order valence-electron chi connectivity index (χ0n) is 11.7. The Morgan fingerprint density at radius 1 is 1.43 bits per heavy atom. The van der Waals surface area contributed by atoms with Crippen molar-refractivity contribution in [1.29, 1.82) is 0 Å². The summed E-state index contributed by atoms with van der Waals surface area (Å²) in [6.07, 6.45) is 1.20. The standard InChI is InChI=1S/C14H18N2O5/c1-10(4-2-7-14(18)19)15-13(17)9-11-5-3-6-12(8-11)16(20)21/h3,5-6,8,10H,2,4,7,9H2,1H3,(H,15,17)(H,18,19). The topological polar surface area (TPSA) is 110 Å². The normalized spacial score (nSPS) is 11.7. The average molecular weight is 294 g/mol. The molecule has 0 spiro atoms. The van der Waals surface area contributed by atoms with Crippen LogP contribution >= 0.6 is 0 Å². The van der Waals surface area contributed by atoms with Crippen molar-refractivity contribution in [2.75, 3.05) is 0 Å². The van der Waals surface area contributed by atoms with Crippen molar-refractivity contribution in [3.05, 3.63) is 39.9 Å². The molecule has 2 N–H and O–H groups in total. The van der Waals surface area contributed by atoms with Crippen LogP contribution in [0, 0.1) is 10.1 Å². The van der Waals surface area contributed by atoms with Gasteiger partial charge in [-0.2, -0.15) is 0 Å². The number of nitrogens with zero attached hydrogens (tertiary/aromatic N) is 1. The van der Waals surface area contributed by atoms with Crippen molar-refractivity contribution in [3.8, 4) is 0 Å². The molecule has 114 valence electrons. The highest BCUT2D eigenvalue weighted by Crippen LogP contribution is 2.13. The number of benzene rings is 1. The quantitative estimate of drug-likeness (QED) is 0.562. The number of nitro benzene ring substituents is 1. The minimum Gasteiger partial charge on any atom is -0.481 e. The first-order valence-corrected chi connectivity index (χ1v) is 6.63. The SMILES string of the molecule is CC(CCCC(=O)O)NC(=O)Cc1cccc([N+](=O)[O-])c1. The van der Waals surface area contributed by atoms with Crippen LogP contribution in [-0.4, -0.2) is 27.9 Å². The van der Waals surface area contributed by atoms with E-state index in [1.165, 1.54) is 18.2 Å². The van der Waals surface area contributed by atoms with Gasteiger partial charge in [0.2, 0.25) is 5.91 Å². The van der Waals surface area contributed by atoms with Crippen molar-refractivity contribution in [3.63, 3.8) is 0 Å². The van der Waals surface area contributed by atoms with Gasteiger partial charge in [0, 0.05) is 24.6 Å². The number of hydrogen-bond acceptors (Lipinski definition) is 4. The van der Waals surface area contributed by atoms with E-state index in [1.807, 2.05) is 0 Å². The molecular formula is C14H18N2O5. The Kier molecular flexibility index (Phi) is 6.32. The highest BCUT2D eigenvalue weighted by Gasteiger charge is 2.11. The molecule has 7 heteroatoms. The van der Waals surface area contributed by atoms with E-state index in [-0.39, 0.29) is 30.5 Å². The monoisotopic (exact) mass is 294 g/mol. The maximum absolute atomic E-state index is 11.8. The Morgan fingerprint density at radius 2 is 2.14 bits per heavy atom. The fourth-order valence-electron chi connectivity index (χ4n) is 1.92. The van der Waals surface area contributed by atoms with Gasteiger partial charge in [-0.3, -0.25) is 19.7 Å². The minimum absolute atomic E-state index is 0.0465. The first-order chi connectivity index (χ1) is 9.88. The van der Waals surface area contributed by atoms with E-state index < -0.39 is 10.9 Å². The van der Waals surface area contributed by atoms with Crippen molar-refractivity contribution >= 4 is 17.6 Å². The van der Waals surface area contributed by atoms with Crippen LogP contribution in [0.5, 0.6) is 0 Å². The number of carboxylic acid groups (broad SMARTS) is 1. The lowest BCUT2D eigenvalue weighted by Crippen LogP contribution is -2.33. The molecule has 0 aliphatic carbocycles. The van der Waals surface area contributed by atoms with Gasteiger partial charge in [-0.05, 0) is 25.3 Å². The number of carbonyl (C=O) groups excluding carboxylic acids is 1. The Bertz CT molecular complexity index is 530. The smallest absolute Gasteiger partial charge is 0.303 e. The van der Waals surface area contributed by atoms with Gasteiger partial charge >= 0.3 is 5.97 Å². The third-order valence-corrected chi connectivity index (χ3v) is 2.92. The number of hydrogen-bond donors (Lipinski definition) is 2. The van der Waals surface area contributed by atoms with Crippen molar-refractivity contribution in [2.24, 2.45) is 0 Å². The van der Waals surface area contributed by atoms with Crippen molar-refractivity contribution < 1.29 is 19.6 Å². The van der Waals surface area contributed by atoms with Gasteiger partial charge in [0.05, 0.1) is 11.3 Å². The van der Waals surface area contributed by atoms with Gasteiger partial charge in [-0.25, -0.2) is 0 Å². The predicted octanol–water partition coefficient (Wildman–Crippen LogP) is 1.90. The van der Waals surface area contributed by atoms with Gasteiger partial charge < -0.3 is 10.4 Å². The molecule has 1 aromatic carbocycles. The molecule has 1 unspecified atom stereocenters. The molecule has 1 rings (SSSR count). The summed E-state index contributed by atoms with van der Waals surface area (Å²) < 4.78 is 0. The molecule has 0 aliphatic heterocycles. The predicted molar refractivity (Wildman–Crippen MR) is 75.9 cm³/mol. The molecule has 21 heavy (non-hydrogen) atoms. The minimum atomic E-state index is -0.856. The highest BCUT2D eigenvalue weighted by molar-refractivity contribution is 5.79. The molecule has 1 amide bonds. The van der Waals surface area contributed by atoms with Gasteiger partial charge in [0.1, 0.15) is 0 Å². The summed E-state index contributed by atoms with van der Waals surface area (Å²) in [6.45, 7) is 1.80. The number of amides is 1. The summed E-state index contributed by atoms with van der Waals surface area (Å²) in [6, 6.07) is 5.80. The van der Waals surface area contributed by atoms with E-state index in [4.69, 9.17) is 5.11 Å². The summed E-state index contributed by atoms with van der Waals surface area (Å²) in [5.41, 5.74) is 0.522. The Labute approximate surface area is 122 Å². The Morgan fingerprint density at radius 3 is 2.76 bits per heavy atom. The zero-order chi connectivity index (χ0) is 15.8. The zero-order valence-corrected chi connectivity index (χ0v) is 11.7. The fraction of sp³-hybridized carbons (Fsp3) is 0.429. The van der Waals surface area contributed by atoms with Gasteiger partial charge in [-0.1, -0.05) is 12.1 Å². The van der Waals surface area contributed by atoms with Crippen LogP contribution in [0.15, 0.2) is 24.3 Å². The third-order valence-electron chi connectivity index (χ3n) is 2.92. The molecule has 0 saturated carbocycles. The number of rotatable bonds is 8. The number of aliphatic carboxylic acids is 1. The number of non-ortho nitro benzene ring substituents is 1. The Balaban J connectivity index is 2.44. The largest absolute Gasteiger partial charge is 0.481 e. The van der Waals surface area contributed by atoms with Crippen molar-refractivity contribution in [1.82, 2.24) is 5.32 Å². The second-order valence-corrected chi connectivity index (χ2v) is 4.86. The summed E-state index contributed by atoms with van der Waals surface area (Å²) in [4.78, 5) is 32.3. The molecule has 7 nitrogen and oxygen atoms in total. The molecule has 0 aromatic heterocycles. The molecule has 0 radical (unpaired) electrons. The van der Waals surface area contributed by atoms with E-state index in [0.29, 0.717) is 18.4 Å². The van der Waals surface area contributed by atoms with Crippen LogP contribution in [0.3, 0.4) is 0 Å². The van der Waals surface area contributed by atoms with E-state index in [0.717, 1.165) is 0 Å². The third kappa shape index (κ3) is 6.51. The summed E-state index contributed by atoms with van der Waals surface area (Å²) in [7, 11) is 0. The van der Waals surface area contributed by atoms with Gasteiger partial charge in [-0.15, -0.1) is 0 Å². The van der Waals surface area contributed by atoms with Crippen molar-refractivity contribution in [2.45, 2.75) is 38.6 Å². The lowest BCUT2D eigenvalue weighted by atomic mass is 10.1. The van der Waals surface area contributed by atoms with Crippen LogP contribution in [0.25, 0.3) is 0 Å². The maximum atomic E-state index is 11.8. The molecule has 1 atom stereocenters. The van der Waals surface area contributed by atoms with Crippen LogP contribution < -0.4 is 5.32 Å². The maximum Gasteiger partial charge on any atom is 0.303 e. The molecule has 0 aliphatic rings. The molecule has 1 aromatic rings. The second kappa shape index (κ2) is 7.98. The second-order valence-electron chi connectivity index (χ2n) is 4.86. The van der Waals surface area contributed by atoms with Gasteiger partial charge in [0.25, 0.3) is 5.69 Å². The average Bonchev–Trinajstić information content (AvgIpc) is 2.38.